The van der Waals surface area contributed by atoms with Crippen molar-refractivity contribution in [3.8, 4) is 0 Å². The van der Waals surface area contributed by atoms with Crippen molar-refractivity contribution >= 4 is 11.5 Å². The molecule has 1 rings (SSSR count). The quantitative estimate of drug-likeness (QED) is 0.560. The van der Waals surface area contributed by atoms with Crippen LogP contribution in [-0.2, 0) is 4.79 Å². The van der Waals surface area contributed by atoms with Crippen molar-refractivity contribution in [1.29, 1.82) is 0 Å². The van der Waals surface area contributed by atoms with Gasteiger partial charge in [-0.25, -0.2) is 0 Å². The average Bonchev–Trinajstić information content (AvgIpc) is 2.27. The lowest BCUT2D eigenvalue weighted by Gasteiger charge is -2.08. The SMILES string of the molecule is CCC(=O)C(C)c1ncccc1[N+](=O)[O-]. The van der Waals surface area contributed by atoms with Crippen LogP contribution in [0.3, 0.4) is 0 Å². The summed E-state index contributed by atoms with van der Waals surface area (Å²) in [4.78, 5) is 25.5. The van der Waals surface area contributed by atoms with E-state index >= 15 is 0 Å². The van der Waals surface area contributed by atoms with E-state index in [9.17, 15) is 14.9 Å². The highest BCUT2D eigenvalue weighted by Gasteiger charge is 2.23. The minimum atomic E-state index is -0.517. The molecule has 0 aliphatic carbocycles. The third kappa shape index (κ3) is 2.37. The summed E-state index contributed by atoms with van der Waals surface area (Å²) in [5, 5.41) is 10.7. The molecule has 0 N–H and O–H groups in total. The van der Waals surface area contributed by atoms with Crippen molar-refractivity contribution < 1.29 is 9.72 Å². The molecule has 1 aromatic rings. The maximum absolute atomic E-state index is 11.4. The van der Waals surface area contributed by atoms with E-state index in [0.29, 0.717) is 6.42 Å². The molecule has 1 heterocycles. The van der Waals surface area contributed by atoms with Crippen molar-refractivity contribution in [2.24, 2.45) is 0 Å². The van der Waals surface area contributed by atoms with Gasteiger partial charge in [-0.15, -0.1) is 0 Å². The Bertz CT molecular complexity index is 390. The Morgan fingerprint density at radius 2 is 2.33 bits per heavy atom. The molecule has 0 radical (unpaired) electrons. The lowest BCUT2D eigenvalue weighted by atomic mass is 9.99. The minimum absolute atomic E-state index is 0.0446. The van der Waals surface area contributed by atoms with E-state index in [1.165, 1.54) is 18.3 Å². The largest absolute Gasteiger partial charge is 0.299 e. The van der Waals surface area contributed by atoms with Crippen LogP contribution >= 0.6 is 0 Å². The number of aromatic nitrogens is 1. The fourth-order valence-corrected chi connectivity index (χ4v) is 1.36. The number of carbonyl (C=O) groups is 1. The highest BCUT2D eigenvalue weighted by atomic mass is 16.6. The molecule has 0 spiro atoms. The van der Waals surface area contributed by atoms with Crippen LogP contribution in [0.4, 0.5) is 5.69 Å². The van der Waals surface area contributed by atoms with Crippen LogP contribution in [0.5, 0.6) is 0 Å². The minimum Gasteiger partial charge on any atom is -0.299 e. The van der Waals surface area contributed by atoms with Gasteiger partial charge in [0.05, 0.1) is 10.8 Å². The molecule has 1 aromatic heterocycles. The molecule has 0 saturated carbocycles. The molecule has 5 heteroatoms. The molecule has 0 amide bonds. The molecule has 0 aliphatic rings. The van der Waals surface area contributed by atoms with E-state index in [0.717, 1.165) is 0 Å². The highest BCUT2D eigenvalue weighted by molar-refractivity contribution is 5.85. The summed E-state index contributed by atoms with van der Waals surface area (Å²) < 4.78 is 0. The zero-order valence-electron chi connectivity index (χ0n) is 8.64. The number of hydrogen-bond acceptors (Lipinski definition) is 4. The number of ketones is 1. The van der Waals surface area contributed by atoms with Crippen LogP contribution in [0.25, 0.3) is 0 Å². The third-order valence-corrected chi connectivity index (χ3v) is 2.25. The second-order valence-electron chi connectivity index (χ2n) is 3.21. The number of hydrogen-bond donors (Lipinski definition) is 0. The van der Waals surface area contributed by atoms with Crippen molar-refractivity contribution in [3.63, 3.8) is 0 Å². The van der Waals surface area contributed by atoms with Crippen molar-refractivity contribution in [3.05, 3.63) is 34.1 Å². The first-order valence-corrected chi connectivity index (χ1v) is 4.70. The molecule has 0 bridgehead atoms. The van der Waals surface area contributed by atoms with Crippen molar-refractivity contribution in [2.75, 3.05) is 0 Å². The summed E-state index contributed by atoms with van der Waals surface area (Å²) >= 11 is 0. The zero-order chi connectivity index (χ0) is 11.4. The van der Waals surface area contributed by atoms with Crippen LogP contribution in [-0.4, -0.2) is 15.7 Å². The van der Waals surface area contributed by atoms with Gasteiger partial charge in [-0.1, -0.05) is 6.92 Å². The predicted molar refractivity (Wildman–Crippen MR) is 54.6 cm³/mol. The first-order chi connectivity index (χ1) is 7.07. The van der Waals surface area contributed by atoms with Gasteiger partial charge >= 0.3 is 0 Å². The van der Waals surface area contributed by atoms with Gasteiger partial charge in [-0.2, -0.15) is 0 Å². The Hall–Kier alpha value is -1.78. The Morgan fingerprint density at radius 1 is 1.67 bits per heavy atom. The van der Waals surface area contributed by atoms with Gasteiger partial charge in [0.1, 0.15) is 11.5 Å². The molecule has 80 valence electrons. The van der Waals surface area contributed by atoms with Crippen LogP contribution in [0, 0.1) is 10.1 Å². The van der Waals surface area contributed by atoms with Crippen molar-refractivity contribution in [2.45, 2.75) is 26.2 Å². The normalized spacial score (nSPS) is 12.1. The van der Waals surface area contributed by atoms with E-state index in [1.54, 1.807) is 13.8 Å². The fraction of sp³-hybridized carbons (Fsp3) is 0.400. The van der Waals surface area contributed by atoms with Gasteiger partial charge < -0.3 is 0 Å². The molecular formula is C10H12N2O3. The first kappa shape index (κ1) is 11.3. The van der Waals surface area contributed by atoms with Crippen LogP contribution in [0.2, 0.25) is 0 Å². The maximum Gasteiger partial charge on any atom is 0.291 e. The van der Waals surface area contributed by atoms with Gasteiger partial charge in [-0.3, -0.25) is 19.9 Å². The van der Waals surface area contributed by atoms with E-state index in [2.05, 4.69) is 4.98 Å². The smallest absolute Gasteiger partial charge is 0.291 e. The Morgan fingerprint density at radius 3 is 2.87 bits per heavy atom. The monoisotopic (exact) mass is 208 g/mol. The topological polar surface area (TPSA) is 73.1 Å². The molecule has 5 nitrogen and oxygen atoms in total. The molecule has 1 unspecified atom stereocenters. The number of nitro groups is 1. The fourth-order valence-electron chi connectivity index (χ4n) is 1.36. The zero-order valence-corrected chi connectivity index (χ0v) is 8.64. The predicted octanol–water partition coefficient (Wildman–Crippen LogP) is 2.07. The summed E-state index contributed by atoms with van der Waals surface area (Å²) in [5.74, 6) is -0.562. The lowest BCUT2D eigenvalue weighted by molar-refractivity contribution is -0.386. The molecule has 1 atom stereocenters. The van der Waals surface area contributed by atoms with E-state index in [-0.39, 0.29) is 17.2 Å². The maximum atomic E-state index is 11.4. The Labute approximate surface area is 87.3 Å². The number of nitrogens with zero attached hydrogens (tertiary/aromatic N) is 2. The molecule has 0 fully saturated rings. The lowest BCUT2D eigenvalue weighted by Crippen LogP contribution is -2.11. The van der Waals surface area contributed by atoms with E-state index in [1.807, 2.05) is 0 Å². The summed E-state index contributed by atoms with van der Waals surface area (Å²) in [6.07, 6.45) is 1.82. The molecule has 0 aromatic carbocycles. The Balaban J connectivity index is 3.13. The van der Waals surface area contributed by atoms with Crippen LogP contribution < -0.4 is 0 Å². The number of rotatable bonds is 4. The average molecular weight is 208 g/mol. The van der Waals surface area contributed by atoms with Gasteiger partial charge in [0, 0.05) is 18.7 Å². The third-order valence-electron chi connectivity index (χ3n) is 2.25. The summed E-state index contributed by atoms with van der Waals surface area (Å²) in [7, 11) is 0. The molecule has 0 aliphatic heterocycles. The van der Waals surface area contributed by atoms with Gasteiger partial charge in [0.15, 0.2) is 0 Å². The molecular weight excluding hydrogens is 196 g/mol. The molecule has 15 heavy (non-hydrogen) atoms. The highest BCUT2D eigenvalue weighted by Crippen LogP contribution is 2.24. The van der Waals surface area contributed by atoms with E-state index in [4.69, 9.17) is 0 Å². The van der Waals surface area contributed by atoms with E-state index < -0.39 is 10.8 Å². The molecule has 0 saturated heterocycles. The summed E-state index contributed by atoms with van der Waals surface area (Å²) in [6, 6.07) is 2.85. The van der Waals surface area contributed by atoms with Crippen LogP contribution in [0.1, 0.15) is 31.9 Å². The van der Waals surface area contributed by atoms with Gasteiger partial charge in [-0.05, 0) is 13.0 Å². The summed E-state index contributed by atoms with van der Waals surface area (Å²) in [5.41, 5.74) is 0.154. The standard InChI is InChI=1S/C10H12N2O3/c1-3-9(13)7(2)10-8(12(14)15)5-4-6-11-10/h4-7H,3H2,1-2H3. The summed E-state index contributed by atoms with van der Waals surface area (Å²) in [6.45, 7) is 3.37. The number of Topliss-reactive ketones (excluding diaryl/α,β-unsaturated/α-hetero) is 1. The number of carbonyl (C=O) groups excluding carboxylic acids is 1. The number of pyridine rings is 1. The van der Waals surface area contributed by atoms with Gasteiger partial charge in [0.25, 0.3) is 5.69 Å². The Kier molecular flexibility index (Phi) is 3.49. The van der Waals surface area contributed by atoms with Gasteiger partial charge in [0.2, 0.25) is 0 Å². The van der Waals surface area contributed by atoms with Crippen molar-refractivity contribution in [1.82, 2.24) is 4.98 Å². The first-order valence-electron chi connectivity index (χ1n) is 4.70. The second kappa shape index (κ2) is 4.63. The second-order valence-corrected chi connectivity index (χ2v) is 3.21. The van der Waals surface area contributed by atoms with Crippen LogP contribution in [0.15, 0.2) is 18.3 Å².